The monoisotopic (exact) mass is 532 g/mol. The Morgan fingerprint density at radius 3 is 1.85 bits per heavy atom. The number of aromatic nitrogens is 1. The minimum absolute atomic E-state index is 0.259. The van der Waals surface area contributed by atoms with E-state index in [0.717, 1.165) is 12.0 Å². The molecule has 1 unspecified atom stereocenters. The number of unbranched alkanes of at least 4 members (excludes halogenated alkanes) is 1. The van der Waals surface area contributed by atoms with E-state index in [2.05, 4.69) is 10.3 Å². The van der Waals surface area contributed by atoms with Gasteiger partial charge < -0.3 is 5.32 Å². The smallest absolute Gasteiger partial charge is 0.264 e. The minimum atomic E-state index is -1.60. The molecule has 1 aliphatic rings. The van der Waals surface area contributed by atoms with Crippen LogP contribution in [0.5, 0.6) is 0 Å². The van der Waals surface area contributed by atoms with Crippen molar-refractivity contribution < 1.29 is 14.4 Å². The number of rotatable bonds is 9. The number of para-hydroxylation sites is 2. The number of pyridine rings is 1. The van der Waals surface area contributed by atoms with Crippen LogP contribution in [0.15, 0.2) is 109 Å². The molecule has 0 spiro atoms. The van der Waals surface area contributed by atoms with E-state index in [1.165, 1.54) is 10.0 Å². The molecule has 2 heterocycles. The van der Waals surface area contributed by atoms with E-state index in [0.29, 0.717) is 28.9 Å². The van der Waals surface area contributed by atoms with Crippen molar-refractivity contribution in [2.24, 2.45) is 5.41 Å². The second-order valence-corrected chi connectivity index (χ2v) is 9.98. The third kappa shape index (κ3) is 4.75. The highest BCUT2D eigenvalue weighted by Crippen LogP contribution is 2.49. The van der Waals surface area contributed by atoms with Crippen molar-refractivity contribution in [2.45, 2.75) is 39.2 Å². The lowest BCUT2D eigenvalue weighted by Gasteiger charge is -2.34. The Hall–Kier alpha value is -4.78. The molecule has 202 valence electrons. The van der Waals surface area contributed by atoms with E-state index in [4.69, 9.17) is 0 Å². The lowest BCUT2D eigenvalue weighted by atomic mass is 9.72. The first kappa shape index (κ1) is 26.8. The number of hydrogen-bond acceptors (Lipinski definition) is 4. The summed E-state index contributed by atoms with van der Waals surface area (Å²) < 4.78 is 0. The van der Waals surface area contributed by atoms with Crippen molar-refractivity contribution in [3.63, 3.8) is 0 Å². The van der Waals surface area contributed by atoms with Crippen molar-refractivity contribution in [3.05, 3.63) is 126 Å². The highest BCUT2D eigenvalue weighted by Gasteiger charge is 2.63. The number of nitrogens with one attached hydrogen (secondary N) is 1. The molecule has 0 bridgehead atoms. The second-order valence-electron chi connectivity index (χ2n) is 9.98. The zero-order valence-electron chi connectivity index (χ0n) is 22.7. The molecule has 1 aromatic heterocycles. The Balaban J connectivity index is 1.71. The molecule has 0 aliphatic carbocycles. The van der Waals surface area contributed by atoms with E-state index in [9.17, 15) is 14.4 Å². The van der Waals surface area contributed by atoms with Gasteiger partial charge in [-0.3, -0.25) is 19.4 Å². The van der Waals surface area contributed by atoms with Gasteiger partial charge in [0.1, 0.15) is 0 Å². The van der Waals surface area contributed by atoms with Gasteiger partial charge in [-0.05, 0) is 66.9 Å². The van der Waals surface area contributed by atoms with E-state index >= 15 is 0 Å². The average Bonchev–Trinajstić information content (AvgIpc) is 3.22. The quantitative estimate of drug-likeness (QED) is 0.267. The van der Waals surface area contributed by atoms with Crippen LogP contribution >= 0.6 is 0 Å². The fourth-order valence-corrected chi connectivity index (χ4v) is 5.40. The van der Waals surface area contributed by atoms with Gasteiger partial charge in [0, 0.05) is 18.0 Å². The van der Waals surface area contributed by atoms with Crippen LogP contribution in [0.25, 0.3) is 0 Å². The lowest BCUT2D eigenvalue weighted by molar-refractivity contribution is -0.137. The molecule has 3 aromatic carbocycles. The third-order valence-corrected chi connectivity index (χ3v) is 7.47. The maximum Gasteiger partial charge on any atom is 0.264 e. The lowest BCUT2D eigenvalue weighted by Crippen LogP contribution is -2.49. The van der Waals surface area contributed by atoms with Gasteiger partial charge in [0.15, 0.2) is 5.41 Å². The van der Waals surface area contributed by atoms with Gasteiger partial charge in [-0.15, -0.1) is 0 Å². The first-order valence-corrected chi connectivity index (χ1v) is 13.5. The summed E-state index contributed by atoms with van der Waals surface area (Å²) in [5.74, 6) is -1.11. The van der Waals surface area contributed by atoms with Crippen LogP contribution in [-0.2, 0) is 9.59 Å². The molecule has 7 heteroatoms. The van der Waals surface area contributed by atoms with Crippen LogP contribution in [-0.4, -0.2) is 22.7 Å². The van der Waals surface area contributed by atoms with Gasteiger partial charge in [-0.25, -0.2) is 10.0 Å². The number of benzene rings is 3. The molecular formula is C33H32N4O3. The van der Waals surface area contributed by atoms with Crippen molar-refractivity contribution in [3.8, 4) is 0 Å². The van der Waals surface area contributed by atoms with Crippen LogP contribution in [0.1, 0.15) is 53.7 Å². The number of amides is 3. The SMILES string of the molecule is CCCCC1(C(NC(=O)c2ccccc2C)c2ccncc2)C(=O)N(c2ccccc2)N(c2ccccc2)C1=O. The zero-order chi connectivity index (χ0) is 28.1. The van der Waals surface area contributed by atoms with Gasteiger partial charge >= 0.3 is 0 Å². The Bertz CT molecular complexity index is 1430. The number of carbonyl (C=O) groups is 3. The Morgan fingerprint density at radius 1 is 0.800 bits per heavy atom. The number of anilines is 2. The van der Waals surface area contributed by atoms with Gasteiger partial charge in [0.05, 0.1) is 17.4 Å². The summed E-state index contributed by atoms with van der Waals surface area (Å²) in [6.45, 7) is 3.89. The molecule has 1 N–H and O–H groups in total. The molecule has 1 atom stereocenters. The van der Waals surface area contributed by atoms with Crippen molar-refractivity contribution in [2.75, 3.05) is 10.0 Å². The van der Waals surface area contributed by atoms with Gasteiger partial charge in [0.2, 0.25) is 0 Å². The van der Waals surface area contributed by atoms with Gasteiger partial charge in [-0.1, -0.05) is 74.4 Å². The number of carbonyl (C=O) groups excluding carboxylic acids is 3. The van der Waals surface area contributed by atoms with Gasteiger partial charge in [0.25, 0.3) is 17.7 Å². The zero-order valence-corrected chi connectivity index (χ0v) is 22.7. The molecule has 40 heavy (non-hydrogen) atoms. The van der Waals surface area contributed by atoms with E-state index in [-0.39, 0.29) is 24.1 Å². The Morgan fingerprint density at radius 2 is 1.32 bits per heavy atom. The molecule has 4 aromatic rings. The van der Waals surface area contributed by atoms with E-state index in [1.807, 2.05) is 86.6 Å². The molecule has 0 saturated carbocycles. The molecular weight excluding hydrogens is 500 g/mol. The third-order valence-electron chi connectivity index (χ3n) is 7.47. The van der Waals surface area contributed by atoms with Crippen LogP contribution in [0.4, 0.5) is 11.4 Å². The van der Waals surface area contributed by atoms with Crippen molar-refractivity contribution >= 4 is 29.1 Å². The van der Waals surface area contributed by atoms with Crippen LogP contribution in [0, 0.1) is 12.3 Å². The molecule has 3 amide bonds. The number of hydrazine groups is 1. The standard InChI is InChI=1S/C33H32N4O3/c1-3-4-21-33(29(25-19-22-34-23-20-25)35-30(38)28-18-12-11-13-24(28)2)31(39)36(26-14-7-5-8-15-26)37(32(33)40)27-16-9-6-10-17-27/h5-20,22-23,29H,3-4,21H2,1-2H3,(H,35,38). The van der Waals surface area contributed by atoms with Crippen LogP contribution < -0.4 is 15.3 Å². The molecule has 1 saturated heterocycles. The summed E-state index contributed by atoms with van der Waals surface area (Å²) in [5.41, 5.74) is 1.48. The number of aryl methyl sites for hydroxylation is 1. The molecule has 5 rings (SSSR count). The molecule has 7 nitrogen and oxygen atoms in total. The maximum absolute atomic E-state index is 14.8. The van der Waals surface area contributed by atoms with Crippen LogP contribution in [0.2, 0.25) is 0 Å². The first-order valence-electron chi connectivity index (χ1n) is 13.5. The van der Waals surface area contributed by atoms with Crippen LogP contribution in [0.3, 0.4) is 0 Å². The summed E-state index contributed by atoms with van der Waals surface area (Å²) in [4.78, 5) is 47.6. The molecule has 1 aliphatic heterocycles. The summed E-state index contributed by atoms with van der Waals surface area (Å²) in [6, 6.07) is 28.2. The fraction of sp³-hybridized carbons (Fsp3) is 0.212. The van der Waals surface area contributed by atoms with Crippen molar-refractivity contribution in [1.82, 2.24) is 10.3 Å². The highest BCUT2D eigenvalue weighted by molar-refractivity contribution is 6.27. The topological polar surface area (TPSA) is 82.6 Å². The van der Waals surface area contributed by atoms with E-state index < -0.39 is 11.5 Å². The molecule has 0 radical (unpaired) electrons. The Labute approximate surface area is 234 Å². The van der Waals surface area contributed by atoms with Crippen molar-refractivity contribution in [1.29, 1.82) is 0 Å². The van der Waals surface area contributed by atoms with Gasteiger partial charge in [-0.2, -0.15) is 0 Å². The number of nitrogens with zero attached hydrogens (tertiary/aromatic N) is 3. The molecule has 1 fully saturated rings. The predicted octanol–water partition coefficient (Wildman–Crippen LogP) is 6.03. The first-order chi connectivity index (χ1) is 19.5. The fourth-order valence-electron chi connectivity index (χ4n) is 5.40. The summed E-state index contributed by atoms with van der Waals surface area (Å²) in [5, 5.41) is 6.04. The normalized spacial score (nSPS) is 15.2. The highest BCUT2D eigenvalue weighted by atomic mass is 16.2. The number of hydrogen-bond donors (Lipinski definition) is 1. The summed E-state index contributed by atoms with van der Waals surface area (Å²) in [6.07, 6.45) is 4.88. The predicted molar refractivity (Wildman–Crippen MR) is 155 cm³/mol. The minimum Gasteiger partial charge on any atom is -0.344 e. The largest absolute Gasteiger partial charge is 0.344 e. The average molecular weight is 533 g/mol. The summed E-state index contributed by atoms with van der Waals surface area (Å²) in [7, 11) is 0. The maximum atomic E-state index is 14.8. The summed E-state index contributed by atoms with van der Waals surface area (Å²) >= 11 is 0. The van der Waals surface area contributed by atoms with E-state index in [1.54, 1.807) is 36.7 Å². The Kier molecular flexibility index (Phi) is 7.73. The second kappa shape index (κ2) is 11.5.